The zero-order chi connectivity index (χ0) is 13.9. The first kappa shape index (κ1) is 14.0. The first-order chi connectivity index (χ1) is 8.32. The number of nitrogens with one attached hydrogen (secondary N) is 1. The molecule has 1 atom stereocenters. The van der Waals surface area contributed by atoms with E-state index < -0.39 is 17.9 Å². The highest BCUT2D eigenvalue weighted by molar-refractivity contribution is 5.94. The van der Waals surface area contributed by atoms with Crippen molar-refractivity contribution in [3.8, 4) is 0 Å². The van der Waals surface area contributed by atoms with Crippen LogP contribution < -0.4 is 5.32 Å². The molecule has 1 amide bonds. The van der Waals surface area contributed by atoms with Crippen LogP contribution in [-0.4, -0.2) is 32.8 Å². The van der Waals surface area contributed by atoms with E-state index in [1.54, 1.807) is 10.8 Å². The quantitative estimate of drug-likeness (QED) is 0.769. The molecular weight excluding hydrogens is 234 g/mol. The van der Waals surface area contributed by atoms with E-state index in [1.165, 1.54) is 13.0 Å². The predicted octanol–water partition coefficient (Wildman–Crippen LogP) is 0.639. The van der Waals surface area contributed by atoms with Gasteiger partial charge in [0.15, 0.2) is 0 Å². The number of rotatable bonds is 4. The summed E-state index contributed by atoms with van der Waals surface area (Å²) in [5, 5.41) is 15.2. The van der Waals surface area contributed by atoms with Crippen LogP contribution in [0.1, 0.15) is 23.9 Å². The smallest absolute Gasteiger partial charge is 0.325 e. The molecule has 0 aliphatic heterocycles. The zero-order valence-electron chi connectivity index (χ0n) is 10.9. The largest absolute Gasteiger partial charge is 0.480 e. The van der Waals surface area contributed by atoms with Crippen LogP contribution in [0.5, 0.6) is 0 Å². The maximum Gasteiger partial charge on any atom is 0.325 e. The highest BCUT2D eigenvalue weighted by atomic mass is 16.4. The molecule has 1 heterocycles. The van der Waals surface area contributed by atoms with Crippen molar-refractivity contribution in [1.29, 1.82) is 0 Å². The van der Waals surface area contributed by atoms with Crippen LogP contribution in [-0.2, 0) is 16.6 Å². The minimum Gasteiger partial charge on any atom is -0.480 e. The van der Waals surface area contributed by atoms with Gasteiger partial charge in [-0.2, -0.15) is 5.10 Å². The Kier molecular flexibility index (Phi) is 4.25. The van der Waals surface area contributed by atoms with Crippen molar-refractivity contribution in [1.82, 2.24) is 15.1 Å². The third-order valence-electron chi connectivity index (χ3n) is 2.70. The predicted molar refractivity (Wildman–Crippen MR) is 67.0 cm³/mol. The van der Waals surface area contributed by atoms with Gasteiger partial charge in [-0.1, -0.05) is 0 Å². The Labute approximate surface area is 105 Å². The van der Waals surface area contributed by atoms with Gasteiger partial charge in [-0.15, -0.1) is 0 Å². The average Bonchev–Trinajstić information content (AvgIpc) is 2.51. The Morgan fingerprint density at radius 1 is 1.44 bits per heavy atom. The van der Waals surface area contributed by atoms with Gasteiger partial charge in [0.1, 0.15) is 6.04 Å². The summed E-state index contributed by atoms with van der Waals surface area (Å²) in [7, 11) is 1.83. The summed E-state index contributed by atoms with van der Waals surface area (Å²) < 4.78 is 1.73. The molecule has 6 nitrogen and oxygen atoms in total. The molecule has 0 saturated carbocycles. The van der Waals surface area contributed by atoms with Gasteiger partial charge in [-0.25, -0.2) is 0 Å². The second kappa shape index (κ2) is 5.48. The number of hydrogen-bond donors (Lipinski definition) is 2. The summed E-state index contributed by atoms with van der Waals surface area (Å²) in [4.78, 5) is 22.0. The number of nitrogens with zero attached hydrogens (tertiary/aromatic N) is 2. The number of aromatic nitrogens is 2. The molecule has 1 aromatic heterocycles. The lowest BCUT2D eigenvalue weighted by atomic mass is 10.2. The summed E-state index contributed by atoms with van der Waals surface area (Å²) in [5.74, 6) is -1.50. The average molecular weight is 251 g/mol. The van der Waals surface area contributed by atoms with Gasteiger partial charge in [0.25, 0.3) is 0 Å². The van der Waals surface area contributed by atoms with Gasteiger partial charge in [0, 0.05) is 24.4 Å². The lowest BCUT2D eigenvalue weighted by molar-refractivity contribution is -0.140. The molecule has 0 saturated heterocycles. The Bertz CT molecular complexity index is 503. The molecule has 0 aromatic carbocycles. The monoisotopic (exact) mass is 251 g/mol. The summed E-state index contributed by atoms with van der Waals surface area (Å²) in [6, 6.07) is -0.904. The number of aryl methyl sites for hydroxylation is 2. The molecule has 0 aliphatic carbocycles. The molecular formula is C12H17N3O3. The summed E-state index contributed by atoms with van der Waals surface area (Å²) in [5.41, 5.74) is 2.64. The van der Waals surface area contributed by atoms with E-state index in [1.807, 2.05) is 20.9 Å². The van der Waals surface area contributed by atoms with Crippen LogP contribution in [0.25, 0.3) is 6.08 Å². The first-order valence-corrected chi connectivity index (χ1v) is 5.54. The first-order valence-electron chi connectivity index (χ1n) is 5.54. The topological polar surface area (TPSA) is 84.2 Å². The third-order valence-corrected chi connectivity index (χ3v) is 2.70. The van der Waals surface area contributed by atoms with E-state index in [4.69, 9.17) is 5.11 Å². The number of hydrogen-bond acceptors (Lipinski definition) is 3. The van der Waals surface area contributed by atoms with E-state index in [9.17, 15) is 9.59 Å². The number of carbonyl (C=O) groups is 2. The summed E-state index contributed by atoms with van der Waals surface area (Å²) >= 11 is 0. The normalized spacial score (nSPS) is 12.7. The van der Waals surface area contributed by atoms with Crippen LogP contribution in [0.2, 0.25) is 0 Å². The Balaban J connectivity index is 2.75. The van der Waals surface area contributed by atoms with E-state index in [0.717, 1.165) is 17.0 Å². The number of carboxylic acid groups (broad SMARTS) is 1. The standard InChI is InChI=1S/C12H17N3O3/c1-7-10(9(3)15(4)14-7)5-6-11(16)13-8(2)12(17)18/h5-6,8H,1-4H3,(H,13,16)(H,17,18)/b6-5+/t8-/m0/s1. The van der Waals surface area contributed by atoms with Crippen molar-refractivity contribution in [3.05, 3.63) is 23.0 Å². The van der Waals surface area contributed by atoms with Crippen LogP contribution in [0.15, 0.2) is 6.08 Å². The van der Waals surface area contributed by atoms with Crippen LogP contribution >= 0.6 is 0 Å². The van der Waals surface area contributed by atoms with Crippen LogP contribution in [0.3, 0.4) is 0 Å². The van der Waals surface area contributed by atoms with Crippen LogP contribution in [0, 0.1) is 13.8 Å². The van der Waals surface area contributed by atoms with Gasteiger partial charge >= 0.3 is 5.97 Å². The highest BCUT2D eigenvalue weighted by Gasteiger charge is 2.12. The molecule has 2 N–H and O–H groups in total. The molecule has 1 rings (SSSR count). The lowest BCUT2D eigenvalue weighted by Crippen LogP contribution is -2.37. The summed E-state index contributed by atoms with van der Waals surface area (Å²) in [6.07, 6.45) is 2.96. The molecule has 0 spiro atoms. The number of carboxylic acids is 1. The van der Waals surface area contributed by atoms with Crippen LogP contribution in [0.4, 0.5) is 0 Å². The molecule has 98 valence electrons. The highest BCUT2D eigenvalue weighted by Crippen LogP contribution is 2.13. The Morgan fingerprint density at radius 3 is 2.50 bits per heavy atom. The fourth-order valence-corrected chi connectivity index (χ4v) is 1.51. The lowest BCUT2D eigenvalue weighted by Gasteiger charge is -2.05. The molecule has 0 bridgehead atoms. The molecule has 1 aromatic rings. The number of carbonyl (C=O) groups excluding carboxylic acids is 1. The zero-order valence-corrected chi connectivity index (χ0v) is 10.9. The molecule has 0 unspecified atom stereocenters. The summed E-state index contributed by atoms with van der Waals surface area (Å²) in [6.45, 7) is 5.16. The minimum absolute atomic E-state index is 0.437. The second-order valence-corrected chi connectivity index (χ2v) is 4.11. The van der Waals surface area contributed by atoms with Gasteiger partial charge in [-0.3, -0.25) is 14.3 Å². The SMILES string of the molecule is Cc1nn(C)c(C)c1/C=C/C(=O)N[C@@H](C)C(=O)O. The fourth-order valence-electron chi connectivity index (χ4n) is 1.51. The molecule has 0 radical (unpaired) electrons. The van der Waals surface area contributed by atoms with Crippen molar-refractivity contribution >= 4 is 18.0 Å². The van der Waals surface area contributed by atoms with E-state index in [0.29, 0.717) is 0 Å². The fraction of sp³-hybridized carbons (Fsp3) is 0.417. The van der Waals surface area contributed by atoms with Crippen molar-refractivity contribution in [2.24, 2.45) is 7.05 Å². The number of amides is 1. The Morgan fingerprint density at radius 2 is 2.06 bits per heavy atom. The third kappa shape index (κ3) is 3.19. The van der Waals surface area contributed by atoms with Crippen molar-refractivity contribution in [2.75, 3.05) is 0 Å². The van der Waals surface area contributed by atoms with Gasteiger partial charge in [0.2, 0.25) is 5.91 Å². The second-order valence-electron chi connectivity index (χ2n) is 4.11. The van der Waals surface area contributed by atoms with Gasteiger partial charge < -0.3 is 10.4 Å². The van der Waals surface area contributed by atoms with Crippen molar-refractivity contribution in [3.63, 3.8) is 0 Å². The minimum atomic E-state index is -1.06. The maximum absolute atomic E-state index is 11.5. The molecule has 0 aliphatic rings. The van der Waals surface area contributed by atoms with Gasteiger partial charge in [0.05, 0.1) is 5.69 Å². The molecule has 18 heavy (non-hydrogen) atoms. The van der Waals surface area contributed by atoms with E-state index in [2.05, 4.69) is 10.4 Å². The molecule has 0 fully saturated rings. The Hall–Kier alpha value is -2.11. The number of aliphatic carboxylic acids is 1. The molecule has 6 heteroatoms. The van der Waals surface area contributed by atoms with E-state index >= 15 is 0 Å². The van der Waals surface area contributed by atoms with Gasteiger partial charge in [-0.05, 0) is 26.8 Å². The van der Waals surface area contributed by atoms with Crippen molar-refractivity contribution in [2.45, 2.75) is 26.8 Å². The van der Waals surface area contributed by atoms with Crippen molar-refractivity contribution < 1.29 is 14.7 Å². The van der Waals surface area contributed by atoms with E-state index in [-0.39, 0.29) is 0 Å². The maximum atomic E-state index is 11.5.